The Morgan fingerprint density at radius 1 is 1.41 bits per heavy atom. The van der Waals surface area contributed by atoms with E-state index >= 15 is 0 Å². The molecule has 2 N–H and O–H groups in total. The minimum atomic E-state index is 0.473. The summed E-state index contributed by atoms with van der Waals surface area (Å²) in [4.78, 5) is 14.0. The lowest BCUT2D eigenvalue weighted by molar-refractivity contribution is 0.181. The molecule has 0 aliphatic rings. The van der Waals surface area contributed by atoms with E-state index in [1.165, 1.54) is 0 Å². The summed E-state index contributed by atoms with van der Waals surface area (Å²) in [6.45, 7) is 2.81. The number of methoxy groups -OCH3 is 1. The second kappa shape index (κ2) is 5.31. The summed E-state index contributed by atoms with van der Waals surface area (Å²) < 4.78 is 5.10. The van der Waals surface area contributed by atoms with Gasteiger partial charge in [0.05, 0.1) is 12.3 Å². The van der Waals surface area contributed by atoms with Gasteiger partial charge < -0.3 is 10.5 Å². The lowest BCUT2D eigenvalue weighted by Gasteiger charge is -1.96. The van der Waals surface area contributed by atoms with Crippen LogP contribution in [0.3, 0.4) is 0 Å². The van der Waals surface area contributed by atoms with E-state index in [1.807, 2.05) is 13.0 Å². The average molecular weight is 250 g/mol. The Hall–Kier alpha value is -1.37. The molecule has 2 rings (SSSR count). The fraction of sp³-hybridized carbons (Fsp3) is 0.364. The Labute approximate surface area is 104 Å². The minimum absolute atomic E-state index is 0.473. The molecule has 0 fully saturated rings. The van der Waals surface area contributed by atoms with Crippen LogP contribution in [0.2, 0.25) is 0 Å². The number of nitrogens with two attached hydrogens (primary N) is 1. The summed E-state index contributed by atoms with van der Waals surface area (Å²) in [6.07, 6.45) is 1.73. The molecule has 2 aromatic heterocycles. The maximum Gasteiger partial charge on any atom is 0.142 e. The van der Waals surface area contributed by atoms with Crippen LogP contribution in [0, 0.1) is 6.92 Å². The number of nitrogens with zero attached hydrogens (tertiary/aromatic N) is 3. The van der Waals surface area contributed by atoms with Gasteiger partial charge in [0.25, 0.3) is 0 Å². The molecule has 0 aliphatic carbocycles. The fourth-order valence-corrected chi connectivity index (χ4v) is 2.39. The van der Waals surface area contributed by atoms with Gasteiger partial charge in [-0.05, 0) is 13.0 Å². The number of aryl methyl sites for hydroxylation is 1. The third-order valence-electron chi connectivity index (χ3n) is 2.24. The Balaban J connectivity index is 2.39. The summed E-state index contributed by atoms with van der Waals surface area (Å²) in [5.74, 6) is 0.736. The molecule has 0 unspecified atom stereocenters. The van der Waals surface area contributed by atoms with E-state index in [0.29, 0.717) is 13.2 Å². The monoisotopic (exact) mass is 250 g/mol. The van der Waals surface area contributed by atoms with Crippen LogP contribution >= 0.6 is 11.3 Å². The van der Waals surface area contributed by atoms with Gasteiger partial charge in [0.15, 0.2) is 0 Å². The van der Waals surface area contributed by atoms with Crippen LogP contribution in [0.15, 0.2) is 12.3 Å². The van der Waals surface area contributed by atoms with Gasteiger partial charge in [-0.1, -0.05) is 0 Å². The molecule has 2 aromatic rings. The lowest BCUT2D eigenvalue weighted by atomic mass is 10.3. The fourth-order valence-electron chi connectivity index (χ4n) is 1.48. The molecule has 17 heavy (non-hydrogen) atoms. The van der Waals surface area contributed by atoms with Crippen molar-refractivity contribution in [2.45, 2.75) is 20.1 Å². The van der Waals surface area contributed by atoms with Crippen molar-refractivity contribution in [3.63, 3.8) is 0 Å². The Morgan fingerprint density at radius 2 is 2.24 bits per heavy atom. The van der Waals surface area contributed by atoms with E-state index in [-0.39, 0.29) is 0 Å². The molecule has 0 spiro atoms. The second-order valence-electron chi connectivity index (χ2n) is 3.52. The summed E-state index contributed by atoms with van der Waals surface area (Å²) in [7, 11) is 1.65. The number of hydrogen-bond donors (Lipinski definition) is 1. The zero-order valence-corrected chi connectivity index (χ0v) is 10.6. The van der Waals surface area contributed by atoms with E-state index in [2.05, 4.69) is 15.0 Å². The first kappa shape index (κ1) is 12.1. The van der Waals surface area contributed by atoms with Crippen LogP contribution < -0.4 is 5.73 Å². The van der Waals surface area contributed by atoms with Crippen molar-refractivity contribution >= 4 is 11.3 Å². The normalized spacial score (nSPS) is 10.8. The zero-order valence-electron chi connectivity index (χ0n) is 9.80. The first-order valence-corrected chi connectivity index (χ1v) is 6.04. The molecule has 5 nitrogen and oxygen atoms in total. The molecule has 0 saturated carbocycles. The van der Waals surface area contributed by atoms with Gasteiger partial charge in [-0.15, -0.1) is 11.3 Å². The molecule has 0 amide bonds. The molecule has 0 bridgehead atoms. The highest BCUT2D eigenvalue weighted by molar-refractivity contribution is 7.15. The topological polar surface area (TPSA) is 73.9 Å². The summed E-state index contributed by atoms with van der Waals surface area (Å²) >= 11 is 1.55. The molecular weight excluding hydrogens is 236 g/mol. The van der Waals surface area contributed by atoms with Crippen LogP contribution in [-0.4, -0.2) is 22.1 Å². The van der Waals surface area contributed by atoms with Crippen LogP contribution in [0.4, 0.5) is 0 Å². The standard InChI is InChI=1S/C11H14N4OS/c1-7-13-4-3-8(14-7)11-15-9(6-16-2)10(5-12)17-11/h3-4H,5-6,12H2,1-2H3. The van der Waals surface area contributed by atoms with Crippen molar-refractivity contribution in [2.24, 2.45) is 5.73 Å². The molecule has 0 aliphatic heterocycles. The van der Waals surface area contributed by atoms with E-state index in [9.17, 15) is 0 Å². The van der Waals surface area contributed by atoms with Crippen LogP contribution in [0.1, 0.15) is 16.4 Å². The third-order valence-corrected chi connectivity index (χ3v) is 3.38. The maximum absolute atomic E-state index is 5.68. The first-order chi connectivity index (χ1) is 8.24. The molecule has 6 heteroatoms. The van der Waals surface area contributed by atoms with E-state index in [4.69, 9.17) is 10.5 Å². The average Bonchev–Trinajstić information content (AvgIpc) is 2.73. The van der Waals surface area contributed by atoms with Crippen LogP contribution in [0.5, 0.6) is 0 Å². The van der Waals surface area contributed by atoms with Gasteiger partial charge in [0.1, 0.15) is 16.5 Å². The van der Waals surface area contributed by atoms with Gasteiger partial charge in [0.2, 0.25) is 0 Å². The lowest BCUT2D eigenvalue weighted by Crippen LogP contribution is -1.99. The Kier molecular flexibility index (Phi) is 3.78. The van der Waals surface area contributed by atoms with Crippen molar-refractivity contribution in [2.75, 3.05) is 7.11 Å². The highest BCUT2D eigenvalue weighted by Crippen LogP contribution is 2.26. The Bertz CT molecular complexity index is 512. The number of aromatic nitrogens is 3. The quantitative estimate of drug-likeness (QED) is 0.890. The smallest absolute Gasteiger partial charge is 0.142 e. The van der Waals surface area contributed by atoms with Crippen molar-refractivity contribution in [1.29, 1.82) is 0 Å². The summed E-state index contributed by atoms with van der Waals surface area (Å²) in [5.41, 5.74) is 7.41. The van der Waals surface area contributed by atoms with Gasteiger partial charge in [0, 0.05) is 24.7 Å². The number of hydrogen-bond acceptors (Lipinski definition) is 6. The SMILES string of the molecule is COCc1nc(-c2ccnc(C)n2)sc1CN. The van der Waals surface area contributed by atoms with Gasteiger partial charge in [-0.3, -0.25) is 0 Å². The maximum atomic E-state index is 5.68. The molecule has 0 atom stereocenters. The van der Waals surface area contributed by atoms with E-state index in [1.54, 1.807) is 24.6 Å². The predicted octanol–water partition coefficient (Wildman–Crippen LogP) is 1.51. The van der Waals surface area contributed by atoms with Crippen molar-refractivity contribution < 1.29 is 4.74 Å². The van der Waals surface area contributed by atoms with Crippen LogP contribution in [0.25, 0.3) is 10.7 Å². The molecule has 0 radical (unpaired) electrons. The molecule has 0 aromatic carbocycles. The second-order valence-corrected chi connectivity index (χ2v) is 4.60. The van der Waals surface area contributed by atoms with Gasteiger partial charge in [-0.25, -0.2) is 15.0 Å². The largest absolute Gasteiger partial charge is 0.378 e. The third kappa shape index (κ3) is 2.66. The minimum Gasteiger partial charge on any atom is -0.378 e. The molecule has 90 valence electrons. The number of ether oxygens (including phenoxy) is 1. The van der Waals surface area contributed by atoms with Crippen molar-refractivity contribution in [3.8, 4) is 10.7 Å². The highest BCUT2D eigenvalue weighted by atomic mass is 32.1. The van der Waals surface area contributed by atoms with E-state index < -0.39 is 0 Å². The van der Waals surface area contributed by atoms with Gasteiger partial charge >= 0.3 is 0 Å². The highest BCUT2D eigenvalue weighted by Gasteiger charge is 2.12. The molecular formula is C11H14N4OS. The Morgan fingerprint density at radius 3 is 2.88 bits per heavy atom. The zero-order chi connectivity index (χ0) is 12.3. The number of rotatable bonds is 4. The molecule has 2 heterocycles. The van der Waals surface area contributed by atoms with Crippen LogP contribution in [-0.2, 0) is 17.9 Å². The molecule has 0 saturated heterocycles. The summed E-state index contributed by atoms with van der Waals surface area (Å²) in [6, 6.07) is 1.85. The van der Waals surface area contributed by atoms with Crippen molar-refractivity contribution in [1.82, 2.24) is 15.0 Å². The van der Waals surface area contributed by atoms with Gasteiger partial charge in [-0.2, -0.15) is 0 Å². The predicted molar refractivity (Wildman–Crippen MR) is 66.5 cm³/mol. The van der Waals surface area contributed by atoms with Crippen molar-refractivity contribution in [3.05, 3.63) is 28.7 Å². The number of thiazole rings is 1. The van der Waals surface area contributed by atoms with E-state index in [0.717, 1.165) is 27.1 Å². The summed E-state index contributed by atoms with van der Waals surface area (Å²) in [5, 5.41) is 0.864. The first-order valence-electron chi connectivity index (χ1n) is 5.22.